The predicted octanol–water partition coefficient (Wildman–Crippen LogP) is 3.05. The van der Waals surface area contributed by atoms with Crippen LogP contribution in [0.5, 0.6) is 0 Å². The molecule has 21 heavy (non-hydrogen) atoms. The summed E-state index contributed by atoms with van der Waals surface area (Å²) in [4.78, 5) is 32.4. The van der Waals surface area contributed by atoms with Crippen molar-refractivity contribution in [1.82, 2.24) is 0 Å². The third-order valence-electron chi connectivity index (χ3n) is 2.62. The number of amides is 2. The molecule has 0 fully saturated rings. The fourth-order valence-corrected chi connectivity index (χ4v) is 1.64. The van der Waals surface area contributed by atoms with Gasteiger partial charge in [-0.05, 0) is 30.3 Å². The highest BCUT2D eigenvalue weighted by molar-refractivity contribution is 6.00. The van der Waals surface area contributed by atoms with Crippen LogP contribution in [0.1, 0.15) is 10.4 Å². The maximum atomic E-state index is 11.8. The van der Waals surface area contributed by atoms with E-state index in [0.29, 0.717) is 23.2 Å². The standard InChI is InChI=1S/C14H11N3O4/c18-9-10-4-6-11(7-5-10)15-14(19)16-12-2-1-3-13(8-12)17(20)21/h1-9H,(H2,15,16,19). The molecule has 0 aliphatic carbocycles. The van der Waals surface area contributed by atoms with Gasteiger partial charge < -0.3 is 10.6 Å². The van der Waals surface area contributed by atoms with Gasteiger partial charge in [-0.1, -0.05) is 6.07 Å². The Balaban J connectivity index is 2.02. The zero-order valence-electron chi connectivity index (χ0n) is 10.8. The number of nitro benzene ring substituents is 1. The van der Waals surface area contributed by atoms with Crippen molar-refractivity contribution in [1.29, 1.82) is 0 Å². The number of nitro groups is 1. The van der Waals surface area contributed by atoms with Gasteiger partial charge in [0.25, 0.3) is 5.69 Å². The maximum absolute atomic E-state index is 11.8. The van der Waals surface area contributed by atoms with E-state index in [0.717, 1.165) is 0 Å². The normalized spacial score (nSPS) is 9.71. The summed E-state index contributed by atoms with van der Waals surface area (Å²) in [6.07, 6.45) is 0.701. The van der Waals surface area contributed by atoms with Crippen molar-refractivity contribution in [2.45, 2.75) is 0 Å². The monoisotopic (exact) mass is 285 g/mol. The molecule has 0 saturated carbocycles. The number of hydrogen-bond donors (Lipinski definition) is 2. The van der Waals surface area contributed by atoms with Crippen LogP contribution in [-0.2, 0) is 0 Å². The molecule has 0 aromatic heterocycles. The van der Waals surface area contributed by atoms with Crippen molar-refractivity contribution in [3.05, 3.63) is 64.2 Å². The lowest BCUT2D eigenvalue weighted by Crippen LogP contribution is -2.19. The Bertz CT molecular complexity index is 683. The van der Waals surface area contributed by atoms with Gasteiger partial charge >= 0.3 is 6.03 Å². The number of nitrogens with one attached hydrogen (secondary N) is 2. The molecular formula is C14H11N3O4. The SMILES string of the molecule is O=Cc1ccc(NC(=O)Nc2cccc([N+](=O)[O-])c2)cc1. The second-order valence-corrected chi connectivity index (χ2v) is 4.13. The van der Waals surface area contributed by atoms with Crippen LogP contribution in [0.2, 0.25) is 0 Å². The summed E-state index contributed by atoms with van der Waals surface area (Å²) >= 11 is 0. The molecule has 7 nitrogen and oxygen atoms in total. The Morgan fingerprint density at radius 2 is 1.71 bits per heavy atom. The zero-order chi connectivity index (χ0) is 15.2. The van der Waals surface area contributed by atoms with Gasteiger partial charge in [-0.15, -0.1) is 0 Å². The molecule has 2 aromatic carbocycles. The van der Waals surface area contributed by atoms with E-state index in [4.69, 9.17) is 0 Å². The number of anilines is 2. The topological polar surface area (TPSA) is 101 Å². The first kappa shape index (κ1) is 14.2. The van der Waals surface area contributed by atoms with Crippen molar-refractivity contribution in [2.24, 2.45) is 0 Å². The minimum Gasteiger partial charge on any atom is -0.308 e. The van der Waals surface area contributed by atoms with E-state index in [9.17, 15) is 19.7 Å². The van der Waals surface area contributed by atoms with Gasteiger partial charge in [0.05, 0.1) is 4.92 Å². The number of aldehydes is 1. The molecule has 0 bridgehead atoms. The van der Waals surface area contributed by atoms with Gasteiger partial charge in [-0.3, -0.25) is 14.9 Å². The van der Waals surface area contributed by atoms with Gasteiger partial charge in [0.15, 0.2) is 0 Å². The molecule has 0 radical (unpaired) electrons. The van der Waals surface area contributed by atoms with Crippen LogP contribution < -0.4 is 10.6 Å². The molecule has 0 spiro atoms. The lowest BCUT2D eigenvalue weighted by Gasteiger charge is -2.07. The highest BCUT2D eigenvalue weighted by Gasteiger charge is 2.08. The summed E-state index contributed by atoms with van der Waals surface area (Å²) in [5, 5.41) is 15.7. The molecule has 7 heteroatoms. The number of carbonyl (C=O) groups is 2. The third kappa shape index (κ3) is 3.87. The average Bonchev–Trinajstić information content (AvgIpc) is 2.48. The molecule has 0 heterocycles. The Morgan fingerprint density at radius 3 is 2.33 bits per heavy atom. The molecule has 0 atom stereocenters. The van der Waals surface area contributed by atoms with Gasteiger partial charge in [0.2, 0.25) is 0 Å². The number of hydrogen-bond acceptors (Lipinski definition) is 4. The van der Waals surface area contributed by atoms with Crippen LogP contribution in [-0.4, -0.2) is 17.2 Å². The van der Waals surface area contributed by atoms with Crippen LogP contribution >= 0.6 is 0 Å². The minimum atomic E-state index is -0.540. The fourth-order valence-electron chi connectivity index (χ4n) is 1.64. The molecule has 2 rings (SSSR count). The van der Waals surface area contributed by atoms with Gasteiger partial charge in [-0.25, -0.2) is 4.79 Å². The maximum Gasteiger partial charge on any atom is 0.323 e. The predicted molar refractivity (Wildman–Crippen MR) is 77.6 cm³/mol. The number of rotatable bonds is 4. The largest absolute Gasteiger partial charge is 0.323 e. The Labute approximate surface area is 119 Å². The van der Waals surface area contributed by atoms with Crippen molar-refractivity contribution in [3.8, 4) is 0 Å². The van der Waals surface area contributed by atoms with E-state index in [2.05, 4.69) is 10.6 Å². The molecule has 2 N–H and O–H groups in total. The van der Waals surface area contributed by atoms with Gasteiger partial charge in [0.1, 0.15) is 6.29 Å². The van der Waals surface area contributed by atoms with Crippen molar-refractivity contribution in [3.63, 3.8) is 0 Å². The van der Waals surface area contributed by atoms with Crippen LogP contribution in [0.15, 0.2) is 48.5 Å². The lowest BCUT2D eigenvalue weighted by atomic mass is 10.2. The van der Waals surface area contributed by atoms with Crippen LogP contribution in [0.4, 0.5) is 21.9 Å². The molecule has 0 unspecified atom stereocenters. The fraction of sp³-hybridized carbons (Fsp3) is 0. The van der Waals surface area contributed by atoms with E-state index in [-0.39, 0.29) is 5.69 Å². The molecule has 0 aliphatic heterocycles. The number of urea groups is 1. The molecule has 0 aliphatic rings. The highest BCUT2D eigenvalue weighted by Crippen LogP contribution is 2.17. The lowest BCUT2D eigenvalue weighted by molar-refractivity contribution is -0.384. The van der Waals surface area contributed by atoms with Crippen LogP contribution in [0, 0.1) is 10.1 Å². The van der Waals surface area contributed by atoms with E-state index in [1.54, 1.807) is 30.3 Å². The Hall–Kier alpha value is -3.22. The van der Waals surface area contributed by atoms with Crippen molar-refractivity contribution >= 4 is 29.4 Å². The molecule has 0 saturated heterocycles. The quantitative estimate of drug-likeness (QED) is 0.512. The number of benzene rings is 2. The average molecular weight is 285 g/mol. The van der Waals surface area contributed by atoms with Crippen molar-refractivity contribution < 1.29 is 14.5 Å². The van der Waals surface area contributed by atoms with Crippen LogP contribution in [0.3, 0.4) is 0 Å². The van der Waals surface area contributed by atoms with E-state index >= 15 is 0 Å². The molecule has 106 valence electrons. The summed E-state index contributed by atoms with van der Waals surface area (Å²) in [5.74, 6) is 0. The summed E-state index contributed by atoms with van der Waals surface area (Å²) in [7, 11) is 0. The Kier molecular flexibility index (Phi) is 4.25. The summed E-state index contributed by atoms with van der Waals surface area (Å²) in [6.45, 7) is 0. The number of nitrogens with zero attached hydrogens (tertiary/aromatic N) is 1. The van der Waals surface area contributed by atoms with E-state index < -0.39 is 11.0 Å². The van der Waals surface area contributed by atoms with Crippen molar-refractivity contribution in [2.75, 3.05) is 10.6 Å². The van der Waals surface area contributed by atoms with Gasteiger partial charge in [0, 0.05) is 29.1 Å². The Morgan fingerprint density at radius 1 is 1.05 bits per heavy atom. The second kappa shape index (κ2) is 6.29. The number of carbonyl (C=O) groups excluding carboxylic acids is 2. The minimum absolute atomic E-state index is 0.108. The van der Waals surface area contributed by atoms with E-state index in [1.807, 2.05) is 0 Å². The van der Waals surface area contributed by atoms with Crippen LogP contribution in [0.25, 0.3) is 0 Å². The summed E-state index contributed by atoms with van der Waals surface area (Å²) < 4.78 is 0. The third-order valence-corrected chi connectivity index (χ3v) is 2.62. The van der Waals surface area contributed by atoms with Gasteiger partial charge in [-0.2, -0.15) is 0 Å². The first-order valence-corrected chi connectivity index (χ1v) is 5.96. The number of non-ortho nitro benzene ring substituents is 1. The first-order chi connectivity index (χ1) is 10.1. The molecular weight excluding hydrogens is 274 g/mol. The second-order valence-electron chi connectivity index (χ2n) is 4.13. The molecule has 2 amide bonds. The summed E-state index contributed by atoms with van der Waals surface area (Å²) in [6, 6.07) is 11.4. The molecule has 2 aromatic rings. The zero-order valence-corrected chi connectivity index (χ0v) is 10.8. The highest BCUT2D eigenvalue weighted by atomic mass is 16.6. The smallest absolute Gasteiger partial charge is 0.308 e. The van der Waals surface area contributed by atoms with E-state index in [1.165, 1.54) is 18.2 Å². The first-order valence-electron chi connectivity index (χ1n) is 5.96. The summed E-state index contributed by atoms with van der Waals surface area (Å²) in [5.41, 5.74) is 1.21.